The van der Waals surface area contributed by atoms with E-state index in [1.54, 1.807) is 19.1 Å². The van der Waals surface area contributed by atoms with E-state index in [9.17, 15) is 32.8 Å². The number of hydrogen-bond acceptors (Lipinski definition) is 24. The third kappa shape index (κ3) is 29.7. The second kappa shape index (κ2) is 53.7. The zero-order chi connectivity index (χ0) is 106. The molecule has 11 aromatic rings. The molecule has 2 aliphatic rings. The number of carbonyl (C=O) groups is 5. The minimum Gasteiger partial charge on any atom is -0.495 e. The van der Waals surface area contributed by atoms with Crippen molar-refractivity contribution in [3.63, 3.8) is 0 Å². The number of anilines is 8. The maximum Gasteiger partial charge on any atom is 0.227 e. The fraction of sp³-hybridized carbons (Fsp3) is 0.221. The van der Waals surface area contributed by atoms with E-state index >= 15 is 17.6 Å². The minimum absolute atomic E-state index is 0.00232. The molecule has 2 unspecified atom stereocenters. The van der Waals surface area contributed by atoms with E-state index in [0.29, 0.717) is 77.6 Å². The lowest BCUT2D eigenvalue weighted by molar-refractivity contribution is -0.129. The average Bonchev–Trinajstić information content (AvgIpc) is 1.21. The minimum atomic E-state index is -0.742. The average molecular weight is 2190 g/mol. The highest BCUT2D eigenvalue weighted by atomic mass is 35.5. The lowest BCUT2D eigenvalue weighted by Crippen LogP contribution is -2.48. The van der Waals surface area contributed by atoms with Crippen LogP contribution in [0.3, 0.4) is 0 Å². The molecule has 145 heavy (non-hydrogen) atoms. The quantitative estimate of drug-likeness (QED) is 0.0208. The molecule has 13 rings (SSSR count). The molecule has 0 radical (unpaired) electrons. The fourth-order valence-corrected chi connectivity index (χ4v) is 18.1. The fourth-order valence-electron chi connectivity index (χ4n) is 14.9. The summed E-state index contributed by atoms with van der Waals surface area (Å²) >= 11 is 62.1. The number of piperazine rings is 1. The second-order valence-corrected chi connectivity index (χ2v) is 35.5. The van der Waals surface area contributed by atoms with Crippen molar-refractivity contribution in [1.29, 1.82) is 0 Å². The van der Waals surface area contributed by atoms with Crippen LogP contribution in [0.1, 0.15) is 99.4 Å². The van der Waals surface area contributed by atoms with Gasteiger partial charge in [0.1, 0.15) is 92.6 Å². The van der Waals surface area contributed by atoms with Gasteiger partial charge in [-0.2, -0.15) is 0 Å². The summed E-state index contributed by atoms with van der Waals surface area (Å²) in [6.07, 6.45) is 21.7. The second-order valence-electron chi connectivity index (χ2n) is 31.6. The number of aromatic nitrogens is 6. The molecule has 2 atom stereocenters. The molecule has 1 saturated heterocycles. The highest BCUT2D eigenvalue weighted by molar-refractivity contribution is 6.42. The number of amides is 1. The maximum absolute atomic E-state index is 15.4. The summed E-state index contributed by atoms with van der Waals surface area (Å²) < 4.78 is 131. The van der Waals surface area contributed by atoms with Crippen LogP contribution in [0.2, 0.25) is 50.2 Å². The topological polar surface area (TPSA) is 291 Å². The van der Waals surface area contributed by atoms with Crippen LogP contribution in [0.15, 0.2) is 173 Å². The number of ketones is 4. The van der Waals surface area contributed by atoms with Crippen LogP contribution in [0.5, 0.6) is 46.0 Å². The number of rotatable bonds is 37. The largest absolute Gasteiger partial charge is 0.495 e. The van der Waals surface area contributed by atoms with Gasteiger partial charge in [0, 0.05) is 159 Å². The third-order valence-electron chi connectivity index (χ3n) is 22.3. The van der Waals surface area contributed by atoms with Crippen molar-refractivity contribution in [2.45, 2.75) is 64.8 Å². The molecule has 1 aliphatic heterocycles. The van der Waals surface area contributed by atoms with Crippen LogP contribution in [-0.2, 0) is 43.2 Å². The van der Waals surface area contributed by atoms with E-state index in [2.05, 4.69) is 82.4 Å². The Balaban J connectivity index is 0.000000199. The first kappa shape index (κ1) is 114. The van der Waals surface area contributed by atoms with E-state index < -0.39 is 34.9 Å². The van der Waals surface area contributed by atoms with Gasteiger partial charge in [-0.3, -0.25) is 24.0 Å². The summed E-state index contributed by atoms with van der Waals surface area (Å²) in [5, 5.41) is 12.5. The maximum atomic E-state index is 15.4. The molecule has 0 spiro atoms. The molecule has 1 amide bonds. The molecule has 41 heteroatoms. The smallest absolute Gasteiger partial charge is 0.227 e. The number of benzene rings is 7. The zero-order valence-corrected chi connectivity index (χ0v) is 86.9. The molecule has 0 bridgehead atoms. The number of halogens is 16. The Labute approximate surface area is 882 Å². The van der Waals surface area contributed by atoms with Gasteiger partial charge in [0.25, 0.3) is 0 Å². The number of allylic oxidation sites excluding steroid dienone is 4. The Morgan fingerprint density at radius 2 is 0.710 bits per heavy atom. The van der Waals surface area contributed by atoms with Crippen molar-refractivity contribution >= 4 is 239 Å². The Kier molecular flexibility index (Phi) is 42.2. The van der Waals surface area contributed by atoms with Crippen LogP contribution < -0.4 is 64.1 Å². The van der Waals surface area contributed by atoms with E-state index in [1.165, 1.54) is 179 Å². The van der Waals surface area contributed by atoms with Gasteiger partial charge < -0.3 is 69.0 Å². The summed E-state index contributed by atoms with van der Waals surface area (Å²) in [4.78, 5) is 89.1. The SMILES string of the molecule is C=CC(=O)CC1CCCC1Nc1ncc(/C=C(\F)c2c(Cl)c(OC)cc(OC)c2Cl)cn1.C=CC(=O)Cc1cc(Cl)cc(F)c1Nc1ccc(/C=C(\F)c2c(Cl)c(OC)cc(OC)c2Cl)cn1.C=CC(=O)Cc1cc(Cl)cc(F)c1Nc1ccc(/C=C(\F)c2c(Cl)c(OC)cc(OC)c2Cl)cn1.C=CC(=O)Cc1cc(N2CCN(C(C)=O)CC2)cc(C)c1Nc1ncc(/C=C(\F)c2c(Cl)c(OC)cc(OC)c2Cl)cn1. The van der Waals surface area contributed by atoms with Gasteiger partial charge in [-0.1, -0.05) is 149 Å². The van der Waals surface area contributed by atoms with Gasteiger partial charge in [-0.15, -0.1) is 0 Å². The highest BCUT2D eigenvalue weighted by Gasteiger charge is 2.32. The number of pyridine rings is 2. The summed E-state index contributed by atoms with van der Waals surface area (Å²) in [7, 11) is 11.2. The van der Waals surface area contributed by atoms with Crippen molar-refractivity contribution in [2.24, 2.45) is 5.92 Å². The molecular weight excluding hydrogens is 2090 g/mol. The van der Waals surface area contributed by atoms with Gasteiger partial charge in [-0.25, -0.2) is 56.2 Å². The summed E-state index contributed by atoms with van der Waals surface area (Å²) in [5.41, 5.74) is 5.31. The van der Waals surface area contributed by atoms with Crippen molar-refractivity contribution in [2.75, 3.05) is 109 Å². The first-order chi connectivity index (χ1) is 69.3. The van der Waals surface area contributed by atoms with Crippen LogP contribution in [0.25, 0.3) is 47.6 Å². The summed E-state index contributed by atoms with van der Waals surface area (Å²) in [6.45, 7) is 20.1. The summed E-state index contributed by atoms with van der Waals surface area (Å²) in [5.74, 6) is -1.75. The van der Waals surface area contributed by atoms with Crippen molar-refractivity contribution < 1.29 is 88.2 Å². The molecule has 1 saturated carbocycles. The number of nitrogens with zero attached hydrogens (tertiary/aromatic N) is 8. The lowest BCUT2D eigenvalue weighted by Gasteiger charge is -2.36. The van der Waals surface area contributed by atoms with Gasteiger partial charge in [0.15, 0.2) is 23.1 Å². The Hall–Kier alpha value is -13.1. The van der Waals surface area contributed by atoms with Gasteiger partial charge in [0.05, 0.1) is 131 Å². The van der Waals surface area contributed by atoms with Gasteiger partial charge in [-0.05, 0) is 168 Å². The highest BCUT2D eigenvalue weighted by Crippen LogP contribution is 2.50. The standard InChI is InChI=1S/C31H32Cl2FN5O4.2C25H19Cl3F2N2O3.C23H24Cl2FN3O3/c1-6-23(41)14-21-13-22(39-9-7-38(8-10-39)19(3)40)11-18(2)30(21)37-31-35-16-20(17-36-31)12-24(34)27-28(32)25(42-4)15-26(43-5)29(27)33;2*1-4-16(33)9-14-8-15(26)10-18(30)25(14)32-21-6-5-13(12-31-21)7-17(29)22-23(27)19(34-2)11-20(35-3)24(22)28;1-4-15(30)9-14-6-5-7-17(14)29-23-27-11-13(12-28-23)8-16(26)20-21(24)18(31-2)10-19(32-3)22(20)25/h6,11-13,15-17H,1,7-10,14H2,2-5H3,(H,35,36,37);2*4-8,10-12H,1,9H2,2-3H3,(H,31,32);4,8,10-12,14,17H,1,5-7,9H2,2-3H3,(H,27,28,29)/b24-12-;2*17-7-;16-8-. The first-order valence-electron chi connectivity index (χ1n) is 43.5. The van der Waals surface area contributed by atoms with E-state index in [4.69, 9.17) is 154 Å². The number of ether oxygens (including phenoxy) is 8. The molecule has 7 aromatic carbocycles. The Bertz CT molecular complexity index is 6510. The van der Waals surface area contributed by atoms with Crippen LogP contribution >= 0.6 is 116 Å². The molecule has 25 nitrogen and oxygen atoms in total. The van der Waals surface area contributed by atoms with E-state index in [0.717, 1.165) is 60.4 Å². The molecule has 4 aromatic heterocycles. The molecule has 5 heterocycles. The predicted octanol–water partition coefficient (Wildman–Crippen LogP) is 27.7. The molecule has 1 aliphatic carbocycles. The molecular formula is C104H94Cl10F6N12O13. The van der Waals surface area contributed by atoms with Crippen molar-refractivity contribution in [1.82, 2.24) is 34.8 Å². The van der Waals surface area contributed by atoms with Crippen molar-refractivity contribution in [3.8, 4) is 46.0 Å². The van der Waals surface area contributed by atoms with Crippen LogP contribution in [-0.4, -0.2) is 153 Å². The number of aryl methyl sites for hydroxylation is 1. The normalized spacial score (nSPS) is 13.5. The van der Waals surface area contributed by atoms with Gasteiger partial charge in [0.2, 0.25) is 17.8 Å². The Morgan fingerprint density at radius 3 is 1.02 bits per heavy atom. The number of methoxy groups -OCH3 is 8. The number of hydrogen-bond donors (Lipinski definition) is 4. The molecule has 4 N–H and O–H groups in total. The number of nitrogens with one attached hydrogen (secondary N) is 4. The van der Waals surface area contributed by atoms with Crippen LogP contribution in [0.4, 0.5) is 72.6 Å². The predicted molar refractivity (Wildman–Crippen MR) is 566 cm³/mol. The molecule has 2 fully saturated rings. The summed E-state index contributed by atoms with van der Waals surface area (Å²) in [6, 6.07) is 21.3. The lowest BCUT2D eigenvalue weighted by atomic mass is 9.97. The zero-order valence-electron chi connectivity index (χ0n) is 79.4. The first-order valence-corrected chi connectivity index (χ1v) is 47.3. The monoisotopic (exact) mass is 2180 g/mol. The van der Waals surface area contributed by atoms with Crippen LogP contribution in [0, 0.1) is 24.5 Å². The Morgan fingerprint density at radius 1 is 0.393 bits per heavy atom. The van der Waals surface area contributed by atoms with E-state index in [1.807, 2.05) is 24.0 Å². The molecule has 760 valence electrons. The van der Waals surface area contributed by atoms with Crippen molar-refractivity contribution in [3.05, 3.63) is 301 Å². The third-order valence-corrected chi connectivity index (χ3v) is 25.7. The van der Waals surface area contributed by atoms with E-state index in [-0.39, 0.29) is 208 Å². The van der Waals surface area contributed by atoms with Gasteiger partial charge >= 0.3 is 0 Å². The number of carbonyl (C=O) groups excluding carboxylic acids is 5.